The molecule has 9 aromatic carbocycles. The molecule has 0 fully saturated rings. The molecule has 0 bridgehead atoms. The number of aromatic nitrogens is 1. The van der Waals surface area contributed by atoms with Crippen molar-refractivity contribution >= 4 is 77.2 Å². The summed E-state index contributed by atoms with van der Waals surface area (Å²) in [5, 5.41) is 12.6. The summed E-state index contributed by atoms with van der Waals surface area (Å²) in [5.74, 6) is 0. The van der Waals surface area contributed by atoms with Crippen LogP contribution in [0, 0.1) is 0 Å². The van der Waals surface area contributed by atoms with Crippen molar-refractivity contribution < 1.29 is 4.57 Å². The summed E-state index contributed by atoms with van der Waals surface area (Å²) in [7, 11) is -3.07. The second-order valence-electron chi connectivity index (χ2n) is 13.2. The third kappa shape index (κ3) is 4.61. The van der Waals surface area contributed by atoms with Crippen molar-refractivity contribution in [3.63, 3.8) is 0 Å². The highest BCUT2D eigenvalue weighted by atomic mass is 31.2. The van der Waals surface area contributed by atoms with E-state index in [1.165, 1.54) is 54.2 Å². The Hall–Kier alpha value is -6.21. The minimum absolute atomic E-state index is 0.823. The first kappa shape index (κ1) is 29.7. The van der Waals surface area contributed by atoms with Gasteiger partial charge in [-0.1, -0.05) is 146 Å². The molecular weight excluding hydrogens is 638 g/mol. The van der Waals surface area contributed by atoms with Gasteiger partial charge in [-0.3, -0.25) is 0 Å². The summed E-state index contributed by atoms with van der Waals surface area (Å²) < 4.78 is 17.4. The third-order valence-corrected chi connectivity index (χ3v) is 13.5. The molecule has 1 heterocycles. The van der Waals surface area contributed by atoms with Crippen LogP contribution in [0.3, 0.4) is 0 Å². The average molecular weight is 670 g/mol. The second-order valence-corrected chi connectivity index (χ2v) is 16.0. The van der Waals surface area contributed by atoms with E-state index in [-0.39, 0.29) is 0 Å². The molecule has 0 spiro atoms. The summed E-state index contributed by atoms with van der Waals surface area (Å²) in [4.78, 5) is 0. The Balaban J connectivity index is 1.12. The zero-order chi connectivity index (χ0) is 33.9. The molecule has 3 heteroatoms. The molecule has 0 aliphatic heterocycles. The Morgan fingerprint density at radius 2 is 0.725 bits per heavy atom. The lowest BCUT2D eigenvalue weighted by atomic mass is 9.92. The van der Waals surface area contributed by atoms with Crippen LogP contribution in [-0.2, 0) is 4.57 Å². The Bertz CT molecular complexity index is 2900. The van der Waals surface area contributed by atoms with E-state index in [2.05, 4.69) is 126 Å². The van der Waals surface area contributed by atoms with Crippen molar-refractivity contribution in [2.75, 3.05) is 0 Å². The van der Waals surface area contributed by atoms with Gasteiger partial charge in [-0.15, -0.1) is 0 Å². The molecule has 0 amide bonds. The zero-order valence-corrected chi connectivity index (χ0v) is 28.7. The predicted octanol–water partition coefficient (Wildman–Crippen LogP) is 11.5. The molecule has 0 atom stereocenters. The van der Waals surface area contributed by atoms with Crippen molar-refractivity contribution in [2.24, 2.45) is 0 Å². The van der Waals surface area contributed by atoms with Crippen molar-refractivity contribution in [1.82, 2.24) is 4.57 Å². The molecule has 1 aromatic heterocycles. The van der Waals surface area contributed by atoms with E-state index in [9.17, 15) is 0 Å². The number of hydrogen-bond acceptors (Lipinski definition) is 1. The van der Waals surface area contributed by atoms with Crippen LogP contribution in [0.5, 0.6) is 0 Å². The van der Waals surface area contributed by atoms with E-state index in [1.54, 1.807) is 0 Å². The van der Waals surface area contributed by atoms with E-state index in [0.717, 1.165) is 32.6 Å². The molecule has 0 unspecified atom stereocenters. The van der Waals surface area contributed by atoms with Crippen LogP contribution in [0.2, 0.25) is 0 Å². The molecule has 2 nitrogen and oxygen atoms in total. The highest BCUT2D eigenvalue weighted by Gasteiger charge is 2.29. The maximum atomic E-state index is 15.0. The summed E-state index contributed by atoms with van der Waals surface area (Å²) >= 11 is 0. The number of benzene rings is 9. The van der Waals surface area contributed by atoms with Gasteiger partial charge >= 0.3 is 0 Å². The van der Waals surface area contributed by atoms with Crippen LogP contribution in [-0.4, -0.2) is 4.57 Å². The molecular formula is C48H32NOP. The van der Waals surface area contributed by atoms with Gasteiger partial charge in [-0.05, 0) is 92.0 Å². The van der Waals surface area contributed by atoms with Crippen molar-refractivity contribution in [3.8, 4) is 16.8 Å². The average Bonchev–Trinajstić information content (AvgIpc) is 3.55. The fourth-order valence-corrected chi connectivity index (χ4v) is 10.7. The lowest BCUT2D eigenvalue weighted by molar-refractivity contribution is 0.592. The normalized spacial score (nSPS) is 12.0. The highest BCUT2D eigenvalue weighted by molar-refractivity contribution is 7.85. The number of rotatable bonds is 5. The largest absolute Gasteiger partial charge is 0.309 e. The Morgan fingerprint density at radius 3 is 1.31 bits per heavy atom. The molecule has 0 saturated heterocycles. The maximum Gasteiger partial charge on any atom is 0.171 e. The van der Waals surface area contributed by atoms with Crippen LogP contribution in [0.25, 0.3) is 70.9 Å². The molecule has 0 saturated carbocycles. The monoisotopic (exact) mass is 669 g/mol. The maximum absolute atomic E-state index is 15.0. The van der Waals surface area contributed by atoms with E-state index in [0.29, 0.717) is 0 Å². The van der Waals surface area contributed by atoms with Crippen LogP contribution in [0.15, 0.2) is 194 Å². The molecule has 0 aliphatic rings. The SMILES string of the molecule is O=P(c1ccccc1)(c1ccccc1)c1ccc(-n2c3ccccc3c3cc(-c4ccc5c6ccccc6c6ccccc6c5c4)ccc32)cc1. The topological polar surface area (TPSA) is 22.0 Å². The third-order valence-electron chi connectivity index (χ3n) is 10.5. The van der Waals surface area contributed by atoms with Gasteiger partial charge in [0.15, 0.2) is 7.14 Å². The molecule has 0 aliphatic carbocycles. The number of fused-ring (bicyclic) bond motifs is 9. The van der Waals surface area contributed by atoms with Crippen molar-refractivity contribution in [1.29, 1.82) is 0 Å². The van der Waals surface area contributed by atoms with Gasteiger partial charge in [0.2, 0.25) is 0 Å². The highest BCUT2D eigenvalue weighted by Crippen LogP contribution is 2.43. The second kappa shape index (κ2) is 11.7. The standard InChI is InChI=1S/C48H32NOP/c50-51(36-13-3-1-4-14-36,37-15-5-2-6-16-37)38-27-25-35(26-28-38)49-47-22-12-11-21-44(47)46-32-34(24-30-48(46)49)33-23-29-43-41-19-8-7-17-39(41)40-18-9-10-20-42(40)45(43)31-33/h1-32H. The lowest BCUT2D eigenvalue weighted by Crippen LogP contribution is -2.24. The van der Waals surface area contributed by atoms with Gasteiger partial charge in [0.05, 0.1) is 11.0 Å². The van der Waals surface area contributed by atoms with Gasteiger partial charge in [0, 0.05) is 32.4 Å². The summed E-state index contributed by atoms with van der Waals surface area (Å²) in [6.07, 6.45) is 0. The number of hydrogen-bond donors (Lipinski definition) is 0. The predicted molar refractivity (Wildman–Crippen MR) is 218 cm³/mol. The van der Waals surface area contributed by atoms with E-state index in [4.69, 9.17) is 0 Å². The van der Waals surface area contributed by atoms with Crippen molar-refractivity contribution in [3.05, 3.63) is 194 Å². The van der Waals surface area contributed by atoms with E-state index >= 15 is 4.57 Å². The summed E-state index contributed by atoms with van der Waals surface area (Å²) in [6, 6.07) is 67.9. The van der Waals surface area contributed by atoms with Crippen LogP contribution >= 0.6 is 7.14 Å². The summed E-state index contributed by atoms with van der Waals surface area (Å²) in [6.45, 7) is 0. The molecule has 10 aromatic rings. The first-order valence-corrected chi connectivity index (χ1v) is 19.1. The Kier molecular flexibility index (Phi) is 6.81. The quantitative estimate of drug-likeness (QED) is 0.132. The van der Waals surface area contributed by atoms with Crippen LogP contribution in [0.4, 0.5) is 0 Å². The van der Waals surface area contributed by atoms with Gasteiger partial charge in [0.1, 0.15) is 0 Å². The van der Waals surface area contributed by atoms with E-state index < -0.39 is 7.14 Å². The minimum atomic E-state index is -3.07. The van der Waals surface area contributed by atoms with Gasteiger partial charge < -0.3 is 9.13 Å². The minimum Gasteiger partial charge on any atom is -0.309 e. The number of para-hydroxylation sites is 1. The van der Waals surface area contributed by atoms with Crippen LogP contribution < -0.4 is 15.9 Å². The molecule has 0 radical (unpaired) electrons. The zero-order valence-electron chi connectivity index (χ0n) is 27.8. The Labute approximate surface area is 296 Å². The van der Waals surface area contributed by atoms with Gasteiger partial charge in [-0.25, -0.2) is 0 Å². The van der Waals surface area contributed by atoms with Gasteiger partial charge in [-0.2, -0.15) is 0 Å². The molecule has 240 valence electrons. The first-order chi connectivity index (χ1) is 25.2. The first-order valence-electron chi connectivity index (χ1n) is 17.4. The van der Waals surface area contributed by atoms with Crippen LogP contribution in [0.1, 0.15) is 0 Å². The molecule has 10 rings (SSSR count). The molecule has 51 heavy (non-hydrogen) atoms. The molecule has 0 N–H and O–H groups in total. The Morgan fingerprint density at radius 1 is 0.314 bits per heavy atom. The smallest absolute Gasteiger partial charge is 0.171 e. The van der Waals surface area contributed by atoms with Crippen molar-refractivity contribution in [2.45, 2.75) is 0 Å². The lowest BCUT2D eigenvalue weighted by Gasteiger charge is -2.20. The summed E-state index contributed by atoms with van der Waals surface area (Å²) in [5.41, 5.74) is 5.70. The number of nitrogens with zero attached hydrogens (tertiary/aromatic N) is 1. The fourth-order valence-electron chi connectivity index (χ4n) is 8.05. The van der Waals surface area contributed by atoms with Gasteiger partial charge in [0.25, 0.3) is 0 Å². The van der Waals surface area contributed by atoms with E-state index in [1.807, 2.05) is 72.8 Å². The fraction of sp³-hybridized carbons (Fsp3) is 0.